The number of fused-ring (bicyclic) bond motifs is 1. The van der Waals surface area contributed by atoms with E-state index in [-0.39, 0.29) is 23.7 Å². The molecule has 0 radical (unpaired) electrons. The lowest BCUT2D eigenvalue weighted by molar-refractivity contribution is -0.121. The van der Waals surface area contributed by atoms with Gasteiger partial charge in [0.05, 0.1) is 30.8 Å². The minimum Gasteiger partial charge on any atom is -0.378 e. The second-order valence-corrected chi connectivity index (χ2v) is 7.89. The van der Waals surface area contributed by atoms with Crippen LogP contribution in [0.3, 0.4) is 0 Å². The van der Waals surface area contributed by atoms with E-state index in [4.69, 9.17) is 10.5 Å². The van der Waals surface area contributed by atoms with Gasteiger partial charge >= 0.3 is 0 Å². The molecule has 31 heavy (non-hydrogen) atoms. The summed E-state index contributed by atoms with van der Waals surface area (Å²) in [4.78, 5) is 22.2. The van der Waals surface area contributed by atoms with Crippen molar-refractivity contribution in [3.63, 3.8) is 0 Å². The number of morpholine rings is 1. The number of hydrogen-bond donors (Lipinski definition) is 2. The average Bonchev–Trinajstić information content (AvgIpc) is 3.41. The van der Waals surface area contributed by atoms with Crippen molar-refractivity contribution in [1.29, 1.82) is 0 Å². The number of hydrogen-bond acceptors (Lipinski definition) is 8. The molecule has 2 atom stereocenters. The first-order chi connectivity index (χ1) is 15.1. The summed E-state index contributed by atoms with van der Waals surface area (Å²) in [6.45, 7) is 2.48. The first kappa shape index (κ1) is 19.6. The van der Waals surface area contributed by atoms with Crippen molar-refractivity contribution in [1.82, 2.24) is 25.0 Å². The third-order valence-corrected chi connectivity index (χ3v) is 5.89. The van der Waals surface area contributed by atoms with Gasteiger partial charge in [0.25, 0.3) is 0 Å². The number of benzene rings is 1. The van der Waals surface area contributed by atoms with Gasteiger partial charge in [0.2, 0.25) is 11.9 Å². The lowest BCUT2D eigenvalue weighted by atomic mass is 10.1. The van der Waals surface area contributed by atoms with E-state index in [1.807, 2.05) is 4.90 Å². The Balaban J connectivity index is 1.39. The molecule has 2 aliphatic rings. The summed E-state index contributed by atoms with van der Waals surface area (Å²) in [5.41, 5.74) is 7.45. The molecule has 1 aliphatic carbocycles. The van der Waals surface area contributed by atoms with Crippen LogP contribution in [-0.2, 0) is 9.53 Å². The molecule has 11 heteroatoms. The Bertz CT molecular complexity index is 1110. The van der Waals surface area contributed by atoms with Crippen LogP contribution >= 0.6 is 0 Å². The van der Waals surface area contributed by atoms with Crippen molar-refractivity contribution >= 4 is 28.7 Å². The van der Waals surface area contributed by atoms with E-state index < -0.39 is 0 Å². The Morgan fingerprint density at radius 3 is 2.84 bits per heavy atom. The van der Waals surface area contributed by atoms with Crippen LogP contribution in [0.1, 0.15) is 19.3 Å². The zero-order valence-electron chi connectivity index (χ0n) is 16.9. The van der Waals surface area contributed by atoms with E-state index in [1.165, 1.54) is 10.7 Å². The fraction of sp³-hybridized carbons (Fsp3) is 0.450. The van der Waals surface area contributed by atoms with Crippen LogP contribution < -0.4 is 16.0 Å². The minimum atomic E-state index is -0.334. The molecule has 3 N–H and O–H groups in total. The summed E-state index contributed by atoms with van der Waals surface area (Å²) in [6, 6.07) is 5.05. The summed E-state index contributed by atoms with van der Waals surface area (Å²) in [5.74, 6) is -0.317. The molecule has 0 spiro atoms. The summed E-state index contributed by atoms with van der Waals surface area (Å²) < 4.78 is 21.7. The number of rotatable bonds is 5. The standard InChI is InChI=1S/C20H23FN8O2/c21-15-10-14(3-4-17(15)28-5-7-31-8-6-28)29-19-16(26-27-29)11-23-20(25-19)24-13-2-1-12(9-13)18(22)30/h3-4,10-13H,1-2,5-9H2,(H2,22,30)(H,23,24,25)/t12-,13-/m1/s1. The highest BCUT2D eigenvalue weighted by Crippen LogP contribution is 2.28. The number of nitrogens with zero attached hydrogens (tertiary/aromatic N) is 6. The molecule has 1 aromatic carbocycles. The molecule has 5 rings (SSSR count). The van der Waals surface area contributed by atoms with Crippen LogP contribution in [0.5, 0.6) is 0 Å². The van der Waals surface area contributed by atoms with Gasteiger partial charge in [-0.1, -0.05) is 5.21 Å². The van der Waals surface area contributed by atoms with E-state index in [0.29, 0.717) is 61.2 Å². The number of carbonyl (C=O) groups excluding carboxylic acids is 1. The second kappa shape index (κ2) is 8.06. The number of primary amides is 1. The highest BCUT2D eigenvalue weighted by molar-refractivity contribution is 5.77. The Kier molecular flexibility index (Phi) is 5.10. The lowest BCUT2D eigenvalue weighted by Crippen LogP contribution is -2.36. The third kappa shape index (κ3) is 3.88. The average molecular weight is 426 g/mol. The number of amides is 1. The molecule has 1 saturated heterocycles. The predicted octanol–water partition coefficient (Wildman–Crippen LogP) is 1.25. The molecule has 3 aromatic rings. The van der Waals surface area contributed by atoms with Crippen LogP contribution in [0.2, 0.25) is 0 Å². The molecule has 1 aliphatic heterocycles. The molecular formula is C20H23FN8O2. The van der Waals surface area contributed by atoms with Gasteiger partial charge in [-0.2, -0.15) is 9.67 Å². The van der Waals surface area contributed by atoms with Crippen molar-refractivity contribution < 1.29 is 13.9 Å². The molecule has 1 saturated carbocycles. The third-order valence-electron chi connectivity index (χ3n) is 5.89. The van der Waals surface area contributed by atoms with Crippen LogP contribution in [0, 0.1) is 11.7 Å². The van der Waals surface area contributed by atoms with Crippen LogP contribution in [0.25, 0.3) is 16.9 Å². The molecule has 0 unspecified atom stereocenters. The zero-order valence-corrected chi connectivity index (χ0v) is 16.9. The Morgan fingerprint density at radius 2 is 2.10 bits per heavy atom. The minimum absolute atomic E-state index is 0.0736. The normalized spacial score (nSPS) is 21.5. The van der Waals surface area contributed by atoms with Crippen LogP contribution in [0.4, 0.5) is 16.0 Å². The topological polar surface area (TPSA) is 124 Å². The smallest absolute Gasteiger partial charge is 0.225 e. The highest BCUT2D eigenvalue weighted by atomic mass is 19.1. The van der Waals surface area contributed by atoms with Crippen molar-refractivity contribution in [3.8, 4) is 5.69 Å². The van der Waals surface area contributed by atoms with Gasteiger partial charge < -0.3 is 20.7 Å². The van der Waals surface area contributed by atoms with Gasteiger partial charge in [0.15, 0.2) is 11.2 Å². The van der Waals surface area contributed by atoms with Crippen molar-refractivity contribution in [2.24, 2.45) is 11.7 Å². The molecule has 3 heterocycles. The number of carbonyl (C=O) groups is 1. The van der Waals surface area contributed by atoms with Crippen molar-refractivity contribution in [3.05, 3.63) is 30.2 Å². The van der Waals surface area contributed by atoms with Crippen LogP contribution in [-0.4, -0.2) is 63.2 Å². The summed E-state index contributed by atoms with van der Waals surface area (Å²) >= 11 is 0. The molecule has 0 bridgehead atoms. The van der Waals surface area contributed by atoms with Gasteiger partial charge in [0.1, 0.15) is 5.82 Å². The highest BCUT2D eigenvalue weighted by Gasteiger charge is 2.29. The predicted molar refractivity (Wildman–Crippen MR) is 111 cm³/mol. The fourth-order valence-corrected chi connectivity index (χ4v) is 4.21. The van der Waals surface area contributed by atoms with Crippen molar-refractivity contribution in [2.45, 2.75) is 25.3 Å². The van der Waals surface area contributed by atoms with Gasteiger partial charge in [-0.15, -0.1) is 5.10 Å². The van der Waals surface area contributed by atoms with Crippen LogP contribution in [0.15, 0.2) is 24.4 Å². The van der Waals surface area contributed by atoms with E-state index in [2.05, 4.69) is 25.6 Å². The number of nitrogens with two attached hydrogens (primary N) is 1. The maximum Gasteiger partial charge on any atom is 0.225 e. The SMILES string of the molecule is NC(=O)[C@@H]1CC[C@@H](Nc2ncc3nnn(-c4ccc(N5CCOCC5)c(F)c4)c3n2)C1. The molecular weight excluding hydrogens is 403 g/mol. The van der Waals surface area contributed by atoms with Gasteiger partial charge in [-0.25, -0.2) is 9.37 Å². The van der Waals surface area contributed by atoms with Crippen molar-refractivity contribution in [2.75, 3.05) is 36.5 Å². The maximum absolute atomic E-state index is 14.9. The largest absolute Gasteiger partial charge is 0.378 e. The number of aromatic nitrogens is 5. The molecule has 2 aromatic heterocycles. The lowest BCUT2D eigenvalue weighted by Gasteiger charge is -2.29. The monoisotopic (exact) mass is 426 g/mol. The number of anilines is 2. The molecule has 10 nitrogen and oxygen atoms in total. The first-order valence-corrected chi connectivity index (χ1v) is 10.4. The molecule has 1 amide bonds. The van der Waals surface area contributed by atoms with E-state index in [1.54, 1.807) is 18.3 Å². The molecule has 2 fully saturated rings. The number of nitrogens with one attached hydrogen (secondary N) is 1. The second-order valence-electron chi connectivity index (χ2n) is 7.89. The Labute approximate surface area is 177 Å². The van der Waals surface area contributed by atoms with E-state index in [9.17, 15) is 9.18 Å². The number of ether oxygens (including phenoxy) is 1. The quantitative estimate of drug-likeness (QED) is 0.625. The van der Waals surface area contributed by atoms with Gasteiger partial charge in [0, 0.05) is 31.1 Å². The summed E-state index contributed by atoms with van der Waals surface area (Å²) in [7, 11) is 0. The summed E-state index contributed by atoms with van der Waals surface area (Å²) in [5, 5.41) is 11.5. The number of halogens is 1. The summed E-state index contributed by atoms with van der Waals surface area (Å²) in [6.07, 6.45) is 3.81. The fourth-order valence-electron chi connectivity index (χ4n) is 4.21. The van der Waals surface area contributed by atoms with Gasteiger partial charge in [-0.3, -0.25) is 4.79 Å². The Hall–Kier alpha value is -3.34. The maximum atomic E-state index is 14.9. The van der Waals surface area contributed by atoms with E-state index >= 15 is 0 Å². The molecule has 162 valence electrons. The Morgan fingerprint density at radius 1 is 1.26 bits per heavy atom. The van der Waals surface area contributed by atoms with E-state index in [0.717, 1.165) is 12.8 Å². The zero-order chi connectivity index (χ0) is 21.4. The first-order valence-electron chi connectivity index (χ1n) is 10.4. The van der Waals surface area contributed by atoms with Gasteiger partial charge in [-0.05, 0) is 31.4 Å².